The molecule has 0 aliphatic heterocycles. The van der Waals surface area contributed by atoms with Crippen molar-refractivity contribution < 1.29 is 14.5 Å². The Kier molecular flexibility index (Phi) is 7.02. The molecule has 0 radical (unpaired) electrons. The van der Waals surface area contributed by atoms with E-state index < -0.39 is 10.9 Å². The third-order valence-electron chi connectivity index (χ3n) is 6.19. The summed E-state index contributed by atoms with van der Waals surface area (Å²) >= 11 is 0. The fourth-order valence-corrected chi connectivity index (χ4v) is 4.94. The number of ether oxygens (including phenoxy) is 1. The number of nitro groups is 1. The number of imidazole rings is 1. The first-order valence-electron chi connectivity index (χ1n) is 12.6. The molecular formula is C30H34N4O4. The minimum absolute atomic E-state index is 0.119. The number of benzene rings is 2. The lowest BCUT2D eigenvalue weighted by Gasteiger charge is -2.34. The van der Waals surface area contributed by atoms with Crippen LogP contribution >= 0.6 is 0 Å². The Morgan fingerprint density at radius 1 is 1.03 bits per heavy atom. The number of carbonyl (C=O) groups excluding carboxylic acids is 1. The molecule has 0 atom stereocenters. The second-order valence-electron chi connectivity index (χ2n) is 11.7. The lowest BCUT2D eigenvalue weighted by Crippen LogP contribution is -2.36. The standard InChI is InChI=1S/C30H34N4O4/c1-19-14-15-33-25(16-19)31-26(27(33)32-30(6,7)18-29(3,4)5)21-10-12-23(13-11-21)38-28(35)22-9-8-20(2)24(17-22)34(36)37/h8-17,32H,18H2,1-7H3. The van der Waals surface area contributed by atoms with Crippen molar-refractivity contribution in [2.24, 2.45) is 5.41 Å². The van der Waals surface area contributed by atoms with E-state index in [9.17, 15) is 14.9 Å². The maximum absolute atomic E-state index is 12.7. The van der Waals surface area contributed by atoms with E-state index in [-0.39, 0.29) is 22.2 Å². The lowest BCUT2D eigenvalue weighted by molar-refractivity contribution is -0.385. The van der Waals surface area contributed by atoms with Crippen molar-refractivity contribution in [3.8, 4) is 17.0 Å². The first-order valence-corrected chi connectivity index (χ1v) is 12.6. The number of rotatable bonds is 7. The molecule has 0 spiro atoms. The fourth-order valence-electron chi connectivity index (χ4n) is 4.94. The number of hydrogen-bond acceptors (Lipinski definition) is 6. The SMILES string of the molecule is Cc1ccn2c(NC(C)(C)CC(C)(C)C)c(-c3ccc(OC(=O)c4ccc(C)c([N+](=O)[O-])c4)cc3)nc2c1. The maximum atomic E-state index is 12.7. The third-order valence-corrected chi connectivity index (χ3v) is 6.19. The molecule has 0 bridgehead atoms. The van der Waals surface area contributed by atoms with Crippen LogP contribution < -0.4 is 10.1 Å². The number of carbonyl (C=O) groups is 1. The van der Waals surface area contributed by atoms with Gasteiger partial charge in [-0.3, -0.25) is 14.5 Å². The average molecular weight is 515 g/mol. The molecule has 0 saturated carbocycles. The number of nitrogens with zero attached hydrogens (tertiary/aromatic N) is 3. The number of aromatic nitrogens is 2. The monoisotopic (exact) mass is 514 g/mol. The van der Waals surface area contributed by atoms with Gasteiger partial charge in [0, 0.05) is 28.9 Å². The van der Waals surface area contributed by atoms with Gasteiger partial charge >= 0.3 is 5.97 Å². The van der Waals surface area contributed by atoms with Gasteiger partial charge in [-0.1, -0.05) is 26.8 Å². The number of anilines is 1. The molecule has 0 unspecified atom stereocenters. The number of fused-ring (bicyclic) bond motifs is 1. The topological polar surface area (TPSA) is 98.8 Å². The Hall–Kier alpha value is -4.20. The average Bonchev–Trinajstić information content (AvgIpc) is 3.14. The number of nitrogens with one attached hydrogen (secondary N) is 1. The van der Waals surface area contributed by atoms with Crippen LogP contribution in [0.5, 0.6) is 5.75 Å². The molecule has 4 rings (SSSR count). The van der Waals surface area contributed by atoms with Crippen molar-refractivity contribution in [3.05, 3.63) is 87.6 Å². The quantitative estimate of drug-likeness (QED) is 0.120. The van der Waals surface area contributed by atoms with Gasteiger partial charge in [0.2, 0.25) is 0 Å². The number of aryl methyl sites for hydroxylation is 2. The van der Waals surface area contributed by atoms with Crippen molar-refractivity contribution >= 4 is 23.1 Å². The van der Waals surface area contributed by atoms with E-state index in [1.54, 1.807) is 25.1 Å². The minimum Gasteiger partial charge on any atom is -0.423 e. The van der Waals surface area contributed by atoms with Gasteiger partial charge in [-0.2, -0.15) is 0 Å². The summed E-state index contributed by atoms with van der Waals surface area (Å²) < 4.78 is 7.56. The highest BCUT2D eigenvalue weighted by atomic mass is 16.6. The van der Waals surface area contributed by atoms with Crippen molar-refractivity contribution in [1.29, 1.82) is 0 Å². The van der Waals surface area contributed by atoms with Crippen LogP contribution in [0.4, 0.5) is 11.5 Å². The summed E-state index contributed by atoms with van der Waals surface area (Å²) in [4.78, 5) is 28.3. The molecule has 0 amide bonds. The van der Waals surface area contributed by atoms with Gasteiger partial charge in [-0.15, -0.1) is 0 Å². The number of nitro benzene ring substituents is 1. The molecule has 2 aromatic carbocycles. The summed E-state index contributed by atoms with van der Waals surface area (Å²) in [6, 6.07) is 15.5. The number of hydrogen-bond donors (Lipinski definition) is 1. The van der Waals surface area contributed by atoms with Gasteiger partial charge in [-0.05, 0) is 87.6 Å². The van der Waals surface area contributed by atoms with Gasteiger partial charge in [-0.25, -0.2) is 9.78 Å². The molecule has 198 valence electrons. The molecular weight excluding hydrogens is 480 g/mol. The van der Waals surface area contributed by atoms with E-state index in [0.717, 1.165) is 34.7 Å². The van der Waals surface area contributed by atoms with Gasteiger partial charge in [0.1, 0.15) is 22.9 Å². The van der Waals surface area contributed by atoms with Crippen molar-refractivity contribution in [2.45, 2.75) is 60.4 Å². The molecule has 8 heteroatoms. The molecule has 4 aromatic rings. The highest BCUT2D eigenvalue weighted by molar-refractivity contribution is 5.92. The Morgan fingerprint density at radius 2 is 1.71 bits per heavy atom. The zero-order chi connectivity index (χ0) is 27.8. The van der Waals surface area contributed by atoms with Crippen LogP contribution in [0.15, 0.2) is 60.8 Å². The predicted molar refractivity (Wildman–Crippen MR) is 150 cm³/mol. The van der Waals surface area contributed by atoms with E-state index in [1.807, 2.05) is 31.3 Å². The fraction of sp³-hybridized carbons (Fsp3) is 0.333. The Labute approximate surface area is 222 Å². The van der Waals surface area contributed by atoms with E-state index in [1.165, 1.54) is 12.1 Å². The predicted octanol–water partition coefficient (Wildman–Crippen LogP) is 7.37. The van der Waals surface area contributed by atoms with Gasteiger partial charge in [0.15, 0.2) is 0 Å². The zero-order valence-corrected chi connectivity index (χ0v) is 23.0. The summed E-state index contributed by atoms with van der Waals surface area (Å²) in [6.07, 6.45) is 2.97. The molecule has 2 aromatic heterocycles. The van der Waals surface area contributed by atoms with E-state index in [0.29, 0.717) is 11.3 Å². The van der Waals surface area contributed by atoms with Crippen LogP contribution in [0.1, 0.15) is 62.5 Å². The molecule has 2 heterocycles. The van der Waals surface area contributed by atoms with Crippen LogP contribution in [-0.4, -0.2) is 25.8 Å². The van der Waals surface area contributed by atoms with Crippen LogP contribution in [0.25, 0.3) is 16.9 Å². The number of pyridine rings is 1. The van der Waals surface area contributed by atoms with Crippen molar-refractivity contribution in [3.63, 3.8) is 0 Å². The van der Waals surface area contributed by atoms with Gasteiger partial charge in [0.05, 0.1) is 10.5 Å². The van der Waals surface area contributed by atoms with Gasteiger partial charge < -0.3 is 10.1 Å². The molecule has 0 aliphatic carbocycles. The molecule has 0 fully saturated rings. The Bertz CT molecular complexity index is 1510. The second kappa shape index (κ2) is 9.93. The lowest BCUT2D eigenvalue weighted by atomic mass is 9.82. The third kappa shape index (κ3) is 6.02. The normalized spacial score (nSPS) is 12.0. The Balaban J connectivity index is 1.64. The van der Waals surface area contributed by atoms with Crippen LogP contribution in [0.3, 0.4) is 0 Å². The van der Waals surface area contributed by atoms with E-state index in [4.69, 9.17) is 9.72 Å². The summed E-state index contributed by atoms with van der Waals surface area (Å²) in [5.41, 5.74) is 4.04. The minimum atomic E-state index is -0.657. The largest absolute Gasteiger partial charge is 0.423 e. The molecule has 0 saturated heterocycles. The first kappa shape index (κ1) is 26.9. The zero-order valence-electron chi connectivity index (χ0n) is 23.0. The molecule has 8 nitrogen and oxygen atoms in total. The second-order valence-corrected chi connectivity index (χ2v) is 11.7. The van der Waals surface area contributed by atoms with E-state index in [2.05, 4.69) is 50.4 Å². The van der Waals surface area contributed by atoms with Crippen molar-refractivity contribution in [1.82, 2.24) is 9.38 Å². The Morgan fingerprint density at radius 3 is 2.34 bits per heavy atom. The number of esters is 1. The molecule has 38 heavy (non-hydrogen) atoms. The summed E-state index contributed by atoms with van der Waals surface area (Å²) in [5, 5.41) is 15.0. The van der Waals surface area contributed by atoms with E-state index >= 15 is 0 Å². The highest BCUT2D eigenvalue weighted by Gasteiger charge is 2.28. The smallest absolute Gasteiger partial charge is 0.343 e. The van der Waals surface area contributed by atoms with Crippen LogP contribution in [-0.2, 0) is 0 Å². The first-order chi connectivity index (χ1) is 17.7. The van der Waals surface area contributed by atoms with Gasteiger partial charge in [0.25, 0.3) is 5.69 Å². The molecule has 0 aliphatic rings. The summed E-state index contributed by atoms with van der Waals surface area (Å²) in [6.45, 7) is 14.7. The van der Waals surface area contributed by atoms with Crippen molar-refractivity contribution in [2.75, 3.05) is 5.32 Å². The summed E-state index contributed by atoms with van der Waals surface area (Å²) in [7, 11) is 0. The summed E-state index contributed by atoms with van der Waals surface area (Å²) in [5.74, 6) is 0.574. The maximum Gasteiger partial charge on any atom is 0.343 e. The highest BCUT2D eigenvalue weighted by Crippen LogP contribution is 2.35. The molecule has 1 N–H and O–H groups in total. The van der Waals surface area contributed by atoms with Crippen LogP contribution in [0, 0.1) is 29.4 Å². The van der Waals surface area contributed by atoms with Crippen LogP contribution in [0.2, 0.25) is 0 Å².